The van der Waals surface area contributed by atoms with E-state index >= 15 is 0 Å². The fraction of sp³-hybridized carbons (Fsp3) is 0.269. The number of rotatable bonds is 9. The van der Waals surface area contributed by atoms with E-state index in [0.717, 1.165) is 30.2 Å². The molecule has 5 nitrogen and oxygen atoms in total. The van der Waals surface area contributed by atoms with Gasteiger partial charge in [0.05, 0.1) is 10.6 Å². The van der Waals surface area contributed by atoms with Crippen LogP contribution in [0.5, 0.6) is 0 Å². The number of halogens is 1. The molecule has 3 aromatic carbocycles. The van der Waals surface area contributed by atoms with Crippen molar-refractivity contribution in [3.05, 3.63) is 95.3 Å². The number of anilines is 1. The van der Waals surface area contributed by atoms with Crippen LogP contribution in [0.15, 0.2) is 77.7 Å². The van der Waals surface area contributed by atoms with Gasteiger partial charge in [-0.15, -0.1) is 0 Å². The van der Waals surface area contributed by atoms with Crippen molar-refractivity contribution in [3.63, 3.8) is 0 Å². The molecule has 7 heteroatoms. The van der Waals surface area contributed by atoms with Crippen molar-refractivity contribution in [1.29, 1.82) is 0 Å². The zero-order valence-electron chi connectivity index (χ0n) is 18.9. The first kappa shape index (κ1) is 24.6. The van der Waals surface area contributed by atoms with Gasteiger partial charge in [0, 0.05) is 17.7 Å². The summed E-state index contributed by atoms with van der Waals surface area (Å²) in [5, 5.41) is 10.6. The Morgan fingerprint density at radius 1 is 1.00 bits per heavy atom. The minimum Gasteiger partial charge on any atom is -0.380 e. The van der Waals surface area contributed by atoms with Gasteiger partial charge in [-0.3, -0.25) is 9.10 Å². The van der Waals surface area contributed by atoms with Gasteiger partial charge in [-0.1, -0.05) is 63.2 Å². The van der Waals surface area contributed by atoms with Gasteiger partial charge < -0.3 is 5.11 Å². The number of ketones is 1. The van der Waals surface area contributed by atoms with Crippen LogP contribution in [0.3, 0.4) is 0 Å². The predicted molar refractivity (Wildman–Crippen MR) is 127 cm³/mol. The molecule has 3 aromatic rings. The summed E-state index contributed by atoms with van der Waals surface area (Å²) in [7, 11) is -4.09. The fourth-order valence-electron chi connectivity index (χ4n) is 3.49. The maximum absolute atomic E-state index is 14.6. The highest BCUT2D eigenvalue weighted by Crippen LogP contribution is 2.29. The Morgan fingerprint density at radius 3 is 2.21 bits per heavy atom. The van der Waals surface area contributed by atoms with E-state index in [1.54, 1.807) is 30.3 Å². The highest BCUT2D eigenvalue weighted by atomic mass is 32.2. The molecule has 174 valence electrons. The van der Waals surface area contributed by atoms with Crippen molar-refractivity contribution < 1.29 is 22.7 Å². The van der Waals surface area contributed by atoms with Gasteiger partial charge >= 0.3 is 0 Å². The maximum atomic E-state index is 14.6. The van der Waals surface area contributed by atoms with Gasteiger partial charge in [0.25, 0.3) is 10.0 Å². The summed E-state index contributed by atoms with van der Waals surface area (Å²) in [6.07, 6.45) is -1.00. The van der Waals surface area contributed by atoms with E-state index < -0.39 is 27.7 Å². The van der Waals surface area contributed by atoms with Crippen molar-refractivity contribution in [2.24, 2.45) is 5.92 Å². The lowest BCUT2D eigenvalue weighted by Gasteiger charge is -2.27. The molecule has 1 unspecified atom stereocenters. The average Bonchev–Trinajstić information content (AvgIpc) is 2.82. The second-order valence-electron chi connectivity index (χ2n) is 8.27. The van der Waals surface area contributed by atoms with Crippen LogP contribution in [-0.4, -0.2) is 25.9 Å². The van der Waals surface area contributed by atoms with E-state index in [1.165, 1.54) is 16.4 Å². The molecule has 0 aromatic heterocycles. The van der Waals surface area contributed by atoms with Gasteiger partial charge in [-0.05, 0) is 48.2 Å². The summed E-state index contributed by atoms with van der Waals surface area (Å²) in [4.78, 5) is 12.4. The fourth-order valence-corrected chi connectivity index (χ4v) is 5.16. The van der Waals surface area contributed by atoms with Crippen molar-refractivity contribution in [2.75, 3.05) is 10.8 Å². The van der Waals surface area contributed by atoms with Gasteiger partial charge in [0.15, 0.2) is 5.78 Å². The van der Waals surface area contributed by atoms with Crippen molar-refractivity contribution in [2.45, 2.75) is 38.2 Å². The molecule has 33 heavy (non-hydrogen) atoms. The second-order valence-corrected chi connectivity index (χ2v) is 10.1. The summed E-state index contributed by atoms with van der Waals surface area (Å²) in [6, 6.07) is 18.4. The first-order valence-electron chi connectivity index (χ1n) is 10.8. The number of hydrogen-bond acceptors (Lipinski definition) is 4. The van der Waals surface area contributed by atoms with Crippen LogP contribution >= 0.6 is 0 Å². The molecule has 1 N–H and O–H groups in total. The molecule has 0 bridgehead atoms. The zero-order chi connectivity index (χ0) is 24.2. The van der Waals surface area contributed by atoms with Gasteiger partial charge in [0.1, 0.15) is 11.9 Å². The quantitative estimate of drug-likeness (QED) is 0.440. The standard InChI is InChI=1S/C26H28FNO4S/c1-4-19-10-12-21(13-11-19)28(17-18(2)3)33(31,32)22-14-15-24(27)23(16-22)26(30)25(29)20-8-6-5-7-9-20/h5-16,18,26,30H,4,17H2,1-3H3. The predicted octanol–water partition coefficient (Wildman–Crippen LogP) is 5.16. The Hall–Kier alpha value is -3.03. The molecular weight excluding hydrogens is 441 g/mol. The number of aliphatic hydroxyl groups is 1. The maximum Gasteiger partial charge on any atom is 0.264 e. The minimum atomic E-state index is -4.09. The zero-order valence-corrected chi connectivity index (χ0v) is 19.7. The number of Topliss-reactive ketones (excluding diaryl/α,β-unsaturated/α-hetero) is 1. The van der Waals surface area contributed by atoms with Crippen LogP contribution in [0.1, 0.15) is 48.4 Å². The normalized spacial score (nSPS) is 12.5. The van der Waals surface area contributed by atoms with E-state index in [2.05, 4.69) is 0 Å². The lowest BCUT2D eigenvalue weighted by Crippen LogP contribution is -2.34. The largest absolute Gasteiger partial charge is 0.380 e. The van der Waals surface area contributed by atoms with E-state index in [9.17, 15) is 22.7 Å². The van der Waals surface area contributed by atoms with E-state index in [4.69, 9.17) is 0 Å². The summed E-state index contributed by atoms with van der Waals surface area (Å²) in [5.74, 6) is -1.54. The Morgan fingerprint density at radius 2 is 1.64 bits per heavy atom. The molecule has 0 heterocycles. The monoisotopic (exact) mass is 469 g/mol. The number of sulfonamides is 1. The number of hydrogen-bond donors (Lipinski definition) is 1. The molecule has 0 fully saturated rings. The van der Waals surface area contributed by atoms with Crippen LogP contribution in [0.25, 0.3) is 0 Å². The van der Waals surface area contributed by atoms with E-state index in [-0.39, 0.29) is 28.5 Å². The van der Waals surface area contributed by atoms with Gasteiger partial charge in [0.2, 0.25) is 0 Å². The van der Waals surface area contributed by atoms with Crippen LogP contribution < -0.4 is 4.31 Å². The molecule has 1 atom stereocenters. The molecule has 0 amide bonds. The summed E-state index contributed by atoms with van der Waals surface area (Å²) in [6.45, 7) is 6.04. The number of carbonyl (C=O) groups is 1. The molecule has 0 aliphatic rings. The molecule has 0 aliphatic heterocycles. The number of carbonyl (C=O) groups excluding carboxylic acids is 1. The van der Waals surface area contributed by atoms with Gasteiger partial charge in [-0.2, -0.15) is 0 Å². The molecule has 0 saturated carbocycles. The van der Waals surface area contributed by atoms with Crippen LogP contribution in [0.4, 0.5) is 10.1 Å². The number of aryl methyl sites for hydroxylation is 1. The first-order valence-corrected chi connectivity index (χ1v) is 12.3. The SMILES string of the molecule is CCc1ccc(N(CC(C)C)S(=O)(=O)c2ccc(F)c(C(O)C(=O)c3ccccc3)c2)cc1. The van der Waals surface area contributed by atoms with Crippen molar-refractivity contribution in [3.8, 4) is 0 Å². The molecule has 0 saturated heterocycles. The molecule has 0 aliphatic carbocycles. The second kappa shape index (κ2) is 10.3. The number of nitrogens with zero attached hydrogens (tertiary/aromatic N) is 1. The van der Waals surface area contributed by atoms with E-state index in [1.807, 2.05) is 32.9 Å². The molecule has 0 radical (unpaired) electrons. The topological polar surface area (TPSA) is 74.7 Å². The van der Waals surface area contributed by atoms with Crippen molar-refractivity contribution in [1.82, 2.24) is 0 Å². The van der Waals surface area contributed by atoms with Gasteiger partial charge in [-0.25, -0.2) is 12.8 Å². The lowest BCUT2D eigenvalue weighted by molar-refractivity contribution is 0.0740. The number of aliphatic hydroxyl groups excluding tert-OH is 1. The summed E-state index contributed by atoms with van der Waals surface area (Å²) in [5.41, 5.74) is 1.39. The third kappa shape index (κ3) is 5.49. The van der Waals surface area contributed by atoms with Crippen LogP contribution in [0.2, 0.25) is 0 Å². The molecular formula is C26H28FNO4S. The van der Waals surface area contributed by atoms with Crippen LogP contribution in [-0.2, 0) is 16.4 Å². The number of benzene rings is 3. The Labute approximate surface area is 194 Å². The highest BCUT2D eigenvalue weighted by molar-refractivity contribution is 7.92. The Balaban J connectivity index is 2.03. The first-order chi connectivity index (χ1) is 15.6. The third-order valence-electron chi connectivity index (χ3n) is 5.32. The van der Waals surface area contributed by atoms with Crippen molar-refractivity contribution >= 4 is 21.5 Å². The third-order valence-corrected chi connectivity index (χ3v) is 7.11. The smallest absolute Gasteiger partial charge is 0.264 e. The highest BCUT2D eigenvalue weighted by Gasteiger charge is 2.29. The Bertz CT molecular complexity index is 1210. The molecule has 3 rings (SSSR count). The van der Waals surface area contributed by atoms with Crippen LogP contribution in [0, 0.1) is 11.7 Å². The summed E-state index contributed by atoms with van der Waals surface area (Å²) >= 11 is 0. The Kier molecular flexibility index (Phi) is 7.66. The van der Waals surface area contributed by atoms with E-state index in [0.29, 0.717) is 5.69 Å². The summed E-state index contributed by atoms with van der Waals surface area (Å²) < 4.78 is 43.0. The minimum absolute atomic E-state index is 0.0239. The lowest BCUT2D eigenvalue weighted by atomic mass is 10.00. The molecule has 0 spiro atoms. The average molecular weight is 470 g/mol.